The first-order valence-electron chi connectivity index (χ1n) is 8.84. The Morgan fingerprint density at radius 1 is 1.04 bits per heavy atom. The Balaban J connectivity index is 1.38. The van der Waals surface area contributed by atoms with Gasteiger partial charge in [0, 0.05) is 36.2 Å². The highest BCUT2D eigenvalue weighted by atomic mass is 16.5. The number of aromatic nitrogens is 1. The fourth-order valence-corrected chi connectivity index (χ4v) is 2.86. The third kappa shape index (κ3) is 3.93. The van der Waals surface area contributed by atoms with E-state index in [1.165, 1.54) is 0 Å². The second kappa shape index (κ2) is 7.79. The van der Waals surface area contributed by atoms with Gasteiger partial charge in [-0.3, -0.25) is 14.7 Å². The lowest BCUT2D eigenvalue weighted by molar-refractivity contribution is 0.102. The number of nitrogens with zero attached hydrogens (tertiary/aromatic N) is 2. The summed E-state index contributed by atoms with van der Waals surface area (Å²) < 4.78 is 5.67. The first-order chi connectivity index (χ1) is 13.7. The Morgan fingerprint density at radius 3 is 2.46 bits per heavy atom. The quantitative estimate of drug-likeness (QED) is 0.714. The number of carbonyl (C=O) groups is 2. The number of hydrogen-bond donors (Lipinski definition) is 2. The summed E-state index contributed by atoms with van der Waals surface area (Å²) in [6, 6.07) is 17.5. The maximum absolute atomic E-state index is 12.4. The molecule has 0 aliphatic carbocycles. The van der Waals surface area contributed by atoms with Crippen molar-refractivity contribution >= 4 is 23.3 Å². The van der Waals surface area contributed by atoms with E-state index in [9.17, 15) is 9.59 Å². The van der Waals surface area contributed by atoms with Crippen molar-refractivity contribution in [3.8, 4) is 11.5 Å². The predicted molar refractivity (Wildman–Crippen MR) is 106 cm³/mol. The molecule has 0 atom stereocenters. The van der Waals surface area contributed by atoms with Crippen molar-refractivity contribution in [2.45, 2.75) is 0 Å². The first-order valence-corrected chi connectivity index (χ1v) is 8.84. The summed E-state index contributed by atoms with van der Waals surface area (Å²) in [4.78, 5) is 29.8. The van der Waals surface area contributed by atoms with Crippen molar-refractivity contribution in [3.63, 3.8) is 0 Å². The van der Waals surface area contributed by atoms with E-state index in [4.69, 9.17) is 4.74 Å². The van der Waals surface area contributed by atoms with E-state index in [0.717, 1.165) is 5.69 Å². The molecular formula is C21H18N4O3. The van der Waals surface area contributed by atoms with Crippen molar-refractivity contribution in [1.82, 2.24) is 10.3 Å². The van der Waals surface area contributed by atoms with Crippen LogP contribution in [-0.4, -0.2) is 30.0 Å². The molecule has 2 aromatic carbocycles. The summed E-state index contributed by atoms with van der Waals surface area (Å²) in [6.07, 6.45) is 3.29. The molecule has 2 N–H and O–H groups in total. The molecule has 7 nitrogen and oxygen atoms in total. The highest BCUT2D eigenvalue weighted by molar-refractivity contribution is 6.04. The maximum Gasteiger partial charge on any atom is 0.321 e. The number of hydrogen-bond acceptors (Lipinski definition) is 4. The van der Waals surface area contributed by atoms with E-state index in [-0.39, 0.29) is 11.9 Å². The molecular weight excluding hydrogens is 356 g/mol. The third-order valence-electron chi connectivity index (χ3n) is 4.28. The summed E-state index contributed by atoms with van der Waals surface area (Å²) in [5.74, 6) is 1.03. The Kier molecular flexibility index (Phi) is 4.88. The second-order valence-electron chi connectivity index (χ2n) is 6.20. The topological polar surface area (TPSA) is 83.6 Å². The summed E-state index contributed by atoms with van der Waals surface area (Å²) >= 11 is 0. The number of ether oxygens (including phenoxy) is 1. The lowest BCUT2D eigenvalue weighted by Crippen LogP contribution is -2.27. The minimum atomic E-state index is -0.223. The van der Waals surface area contributed by atoms with Gasteiger partial charge in [-0.2, -0.15) is 0 Å². The largest absolute Gasteiger partial charge is 0.456 e. The lowest BCUT2D eigenvalue weighted by Gasteiger charge is -2.14. The number of pyridine rings is 1. The van der Waals surface area contributed by atoms with Crippen LogP contribution < -0.4 is 20.3 Å². The average Bonchev–Trinajstić information content (AvgIpc) is 3.16. The monoisotopic (exact) mass is 374 g/mol. The Morgan fingerprint density at radius 2 is 1.82 bits per heavy atom. The molecule has 1 saturated heterocycles. The molecule has 0 bridgehead atoms. The minimum absolute atomic E-state index is 0.106. The molecule has 140 valence electrons. The molecule has 7 heteroatoms. The zero-order chi connectivity index (χ0) is 19.3. The van der Waals surface area contributed by atoms with E-state index in [1.807, 2.05) is 18.2 Å². The standard InChI is InChI=1S/C21H18N4O3/c26-20(15-3-9-18(10-4-15)28-19-2-1-11-22-14-19)24-16-5-7-17(8-6-16)25-13-12-23-21(25)27/h1-11,14H,12-13H2,(H,23,27)(H,24,26). The fraction of sp³-hybridized carbons (Fsp3) is 0.0952. The summed E-state index contributed by atoms with van der Waals surface area (Å²) in [6.45, 7) is 1.27. The van der Waals surface area contributed by atoms with Crippen molar-refractivity contribution < 1.29 is 14.3 Å². The van der Waals surface area contributed by atoms with Crippen LogP contribution in [0.25, 0.3) is 0 Å². The Bertz CT molecular complexity index is 973. The van der Waals surface area contributed by atoms with Gasteiger partial charge in [0.25, 0.3) is 5.91 Å². The molecule has 4 rings (SSSR count). The molecule has 0 unspecified atom stereocenters. The fourth-order valence-electron chi connectivity index (χ4n) is 2.86. The van der Waals surface area contributed by atoms with Gasteiger partial charge in [0.15, 0.2) is 0 Å². The van der Waals surface area contributed by atoms with Crippen LogP contribution in [0, 0.1) is 0 Å². The van der Waals surface area contributed by atoms with Gasteiger partial charge in [-0.25, -0.2) is 4.79 Å². The van der Waals surface area contributed by atoms with E-state index in [0.29, 0.717) is 35.8 Å². The summed E-state index contributed by atoms with van der Waals surface area (Å²) in [7, 11) is 0. The smallest absolute Gasteiger partial charge is 0.321 e. The number of benzene rings is 2. The summed E-state index contributed by atoms with van der Waals surface area (Å²) in [5, 5.41) is 5.61. The van der Waals surface area contributed by atoms with Crippen LogP contribution in [0.1, 0.15) is 10.4 Å². The molecule has 2 heterocycles. The van der Waals surface area contributed by atoms with Gasteiger partial charge in [-0.1, -0.05) is 0 Å². The summed E-state index contributed by atoms with van der Waals surface area (Å²) in [5.41, 5.74) is 1.97. The molecule has 0 saturated carbocycles. The maximum atomic E-state index is 12.4. The number of urea groups is 1. The van der Waals surface area contributed by atoms with E-state index in [2.05, 4.69) is 15.6 Å². The van der Waals surface area contributed by atoms with Crippen LogP contribution >= 0.6 is 0 Å². The van der Waals surface area contributed by atoms with Gasteiger partial charge in [-0.05, 0) is 60.7 Å². The van der Waals surface area contributed by atoms with Gasteiger partial charge >= 0.3 is 6.03 Å². The number of nitrogens with one attached hydrogen (secondary N) is 2. The van der Waals surface area contributed by atoms with E-state index < -0.39 is 0 Å². The van der Waals surface area contributed by atoms with Crippen LogP contribution in [0.4, 0.5) is 16.2 Å². The molecule has 1 fully saturated rings. The third-order valence-corrected chi connectivity index (χ3v) is 4.28. The lowest BCUT2D eigenvalue weighted by atomic mass is 10.2. The molecule has 28 heavy (non-hydrogen) atoms. The number of amides is 3. The highest BCUT2D eigenvalue weighted by Crippen LogP contribution is 2.22. The highest BCUT2D eigenvalue weighted by Gasteiger charge is 2.20. The van der Waals surface area contributed by atoms with Crippen LogP contribution in [0.3, 0.4) is 0 Å². The first kappa shape index (κ1) is 17.5. The van der Waals surface area contributed by atoms with Crippen LogP contribution in [-0.2, 0) is 0 Å². The Hall–Kier alpha value is -3.87. The van der Waals surface area contributed by atoms with Crippen LogP contribution in [0.5, 0.6) is 11.5 Å². The predicted octanol–water partition coefficient (Wildman–Crippen LogP) is 3.66. The van der Waals surface area contributed by atoms with Crippen molar-refractivity contribution in [2.75, 3.05) is 23.3 Å². The van der Waals surface area contributed by atoms with Crippen molar-refractivity contribution in [3.05, 3.63) is 78.6 Å². The molecule has 1 aliphatic rings. The zero-order valence-corrected chi connectivity index (χ0v) is 15.0. The number of rotatable bonds is 5. The molecule has 0 radical (unpaired) electrons. The number of carbonyl (C=O) groups excluding carboxylic acids is 2. The van der Waals surface area contributed by atoms with E-state index >= 15 is 0 Å². The van der Waals surface area contributed by atoms with Gasteiger partial charge in [-0.15, -0.1) is 0 Å². The van der Waals surface area contributed by atoms with Crippen LogP contribution in [0.15, 0.2) is 73.1 Å². The molecule has 0 spiro atoms. The average molecular weight is 374 g/mol. The Labute approximate surface area is 162 Å². The molecule has 1 aromatic heterocycles. The SMILES string of the molecule is O=C(Nc1ccc(N2CCNC2=O)cc1)c1ccc(Oc2cccnc2)cc1. The van der Waals surface area contributed by atoms with Gasteiger partial charge in [0.05, 0.1) is 6.20 Å². The molecule has 1 aliphatic heterocycles. The molecule has 3 amide bonds. The second-order valence-corrected chi connectivity index (χ2v) is 6.20. The zero-order valence-electron chi connectivity index (χ0n) is 15.0. The molecule has 3 aromatic rings. The van der Waals surface area contributed by atoms with Gasteiger partial charge < -0.3 is 15.4 Å². The van der Waals surface area contributed by atoms with Gasteiger partial charge in [0.2, 0.25) is 0 Å². The van der Waals surface area contributed by atoms with Crippen molar-refractivity contribution in [2.24, 2.45) is 0 Å². The van der Waals surface area contributed by atoms with Crippen LogP contribution in [0.2, 0.25) is 0 Å². The van der Waals surface area contributed by atoms with Crippen molar-refractivity contribution in [1.29, 1.82) is 0 Å². The number of anilines is 2. The van der Waals surface area contributed by atoms with Gasteiger partial charge in [0.1, 0.15) is 11.5 Å². The normalized spacial score (nSPS) is 13.1. The van der Waals surface area contributed by atoms with E-state index in [1.54, 1.807) is 59.8 Å². The minimum Gasteiger partial charge on any atom is -0.456 e.